The van der Waals surface area contributed by atoms with E-state index in [1.54, 1.807) is 0 Å². The highest BCUT2D eigenvalue weighted by Gasteiger charge is 2.25. The number of pyridine rings is 1. The molecule has 1 saturated carbocycles. The Bertz CT molecular complexity index is 602. The second-order valence-corrected chi connectivity index (χ2v) is 7.66. The summed E-state index contributed by atoms with van der Waals surface area (Å²) < 4.78 is 1.13. The van der Waals surface area contributed by atoms with Crippen LogP contribution in [0.4, 0.5) is 5.82 Å². The van der Waals surface area contributed by atoms with Crippen molar-refractivity contribution >= 4 is 44.3 Å². The molecule has 106 valence electrons. The second-order valence-electron chi connectivity index (χ2n) is 5.23. The standard InChI is InChI=1S/C16H19BrN2S/c1-2-20-12-7-6-11(10-12)19-16-14-4-3-5-15(17)13(14)8-9-18-16/h3-5,8-9,11-12H,2,6-7,10H2,1H3,(H,18,19). The van der Waals surface area contributed by atoms with Gasteiger partial charge in [0.25, 0.3) is 0 Å². The van der Waals surface area contributed by atoms with Crippen molar-refractivity contribution in [3.8, 4) is 0 Å². The number of nitrogens with zero attached hydrogens (tertiary/aromatic N) is 1. The van der Waals surface area contributed by atoms with E-state index in [2.05, 4.69) is 69.2 Å². The summed E-state index contributed by atoms with van der Waals surface area (Å²) in [6, 6.07) is 8.92. The highest BCUT2D eigenvalue weighted by molar-refractivity contribution is 9.10. The first-order valence-corrected chi connectivity index (χ1v) is 9.03. The van der Waals surface area contributed by atoms with E-state index in [0.717, 1.165) is 15.5 Å². The molecule has 1 aromatic heterocycles. The average molecular weight is 351 g/mol. The maximum atomic E-state index is 4.54. The SMILES string of the molecule is CCSC1CCC(Nc2nccc3c(Br)cccc23)C1. The van der Waals surface area contributed by atoms with Gasteiger partial charge in [0.15, 0.2) is 0 Å². The van der Waals surface area contributed by atoms with Gasteiger partial charge in [0.2, 0.25) is 0 Å². The molecule has 0 bridgehead atoms. The Hall–Kier alpha value is -0.740. The predicted octanol–water partition coefficient (Wildman–Crippen LogP) is 5.08. The fraction of sp³-hybridized carbons (Fsp3) is 0.438. The maximum absolute atomic E-state index is 4.54. The third kappa shape index (κ3) is 2.96. The van der Waals surface area contributed by atoms with Gasteiger partial charge >= 0.3 is 0 Å². The van der Waals surface area contributed by atoms with Crippen molar-refractivity contribution in [1.29, 1.82) is 0 Å². The molecule has 0 spiro atoms. The van der Waals surface area contributed by atoms with E-state index >= 15 is 0 Å². The van der Waals surface area contributed by atoms with Crippen LogP contribution in [0.25, 0.3) is 10.8 Å². The van der Waals surface area contributed by atoms with Crippen LogP contribution in [0.3, 0.4) is 0 Å². The molecule has 1 heterocycles. The first-order chi connectivity index (χ1) is 9.78. The molecule has 3 rings (SSSR count). The summed E-state index contributed by atoms with van der Waals surface area (Å²) in [7, 11) is 0. The second kappa shape index (κ2) is 6.35. The van der Waals surface area contributed by atoms with Crippen molar-refractivity contribution < 1.29 is 0 Å². The Morgan fingerprint density at radius 2 is 2.20 bits per heavy atom. The largest absolute Gasteiger partial charge is 0.367 e. The fourth-order valence-electron chi connectivity index (χ4n) is 2.94. The number of benzene rings is 1. The molecule has 2 aromatic rings. The first-order valence-electron chi connectivity index (χ1n) is 7.19. The van der Waals surface area contributed by atoms with Crippen molar-refractivity contribution in [2.24, 2.45) is 0 Å². The van der Waals surface area contributed by atoms with Crippen molar-refractivity contribution in [1.82, 2.24) is 4.98 Å². The molecule has 1 aliphatic rings. The van der Waals surface area contributed by atoms with E-state index in [-0.39, 0.29) is 0 Å². The minimum atomic E-state index is 0.566. The number of anilines is 1. The van der Waals surface area contributed by atoms with Gasteiger partial charge in [-0.3, -0.25) is 0 Å². The van der Waals surface area contributed by atoms with Crippen molar-refractivity contribution in [2.45, 2.75) is 37.5 Å². The van der Waals surface area contributed by atoms with Crippen LogP contribution in [0.15, 0.2) is 34.9 Å². The molecule has 0 aliphatic heterocycles. The summed E-state index contributed by atoms with van der Waals surface area (Å²) in [5.74, 6) is 2.24. The van der Waals surface area contributed by atoms with E-state index in [1.807, 2.05) is 6.20 Å². The molecule has 1 fully saturated rings. The normalized spacial score (nSPS) is 22.3. The Labute approximate surface area is 132 Å². The summed E-state index contributed by atoms with van der Waals surface area (Å²) in [4.78, 5) is 4.54. The number of halogens is 1. The van der Waals surface area contributed by atoms with Crippen LogP contribution < -0.4 is 5.32 Å². The van der Waals surface area contributed by atoms with Crippen LogP contribution in [0.5, 0.6) is 0 Å². The molecule has 1 aromatic carbocycles. The van der Waals surface area contributed by atoms with Crippen LogP contribution in [0.2, 0.25) is 0 Å². The number of nitrogens with one attached hydrogen (secondary N) is 1. The molecule has 2 unspecified atom stereocenters. The number of thioether (sulfide) groups is 1. The smallest absolute Gasteiger partial charge is 0.134 e. The lowest BCUT2D eigenvalue weighted by Crippen LogP contribution is -2.17. The van der Waals surface area contributed by atoms with Gasteiger partial charge in [0.1, 0.15) is 5.82 Å². The van der Waals surface area contributed by atoms with Crippen LogP contribution in [0, 0.1) is 0 Å². The molecule has 20 heavy (non-hydrogen) atoms. The topological polar surface area (TPSA) is 24.9 Å². The first kappa shape index (κ1) is 14.2. The Balaban J connectivity index is 1.80. The van der Waals surface area contributed by atoms with Gasteiger partial charge in [0.05, 0.1) is 0 Å². The van der Waals surface area contributed by atoms with Gasteiger partial charge in [-0.05, 0) is 37.1 Å². The van der Waals surface area contributed by atoms with Gasteiger partial charge in [-0.25, -0.2) is 4.98 Å². The molecule has 0 amide bonds. The summed E-state index contributed by atoms with van der Waals surface area (Å²) in [5.41, 5.74) is 0. The van der Waals surface area contributed by atoms with Gasteiger partial charge < -0.3 is 5.32 Å². The highest BCUT2D eigenvalue weighted by atomic mass is 79.9. The fourth-order valence-corrected chi connectivity index (χ4v) is 4.58. The number of rotatable bonds is 4. The van der Waals surface area contributed by atoms with Crippen LogP contribution >= 0.6 is 27.7 Å². The predicted molar refractivity (Wildman–Crippen MR) is 92.6 cm³/mol. The van der Waals surface area contributed by atoms with Crippen LogP contribution in [-0.2, 0) is 0 Å². The lowest BCUT2D eigenvalue weighted by molar-refractivity contribution is 0.753. The molecule has 1 N–H and O–H groups in total. The van der Waals surface area contributed by atoms with Gasteiger partial charge in [-0.15, -0.1) is 0 Å². The Kier molecular flexibility index (Phi) is 4.51. The molecule has 4 heteroatoms. The molecule has 2 atom stereocenters. The zero-order valence-electron chi connectivity index (χ0n) is 11.6. The quantitative estimate of drug-likeness (QED) is 0.831. The van der Waals surface area contributed by atoms with E-state index < -0.39 is 0 Å². The summed E-state index contributed by atoms with van der Waals surface area (Å²) in [6.07, 6.45) is 5.72. The summed E-state index contributed by atoms with van der Waals surface area (Å²) >= 11 is 5.71. The van der Waals surface area contributed by atoms with Crippen LogP contribution in [-0.4, -0.2) is 22.0 Å². The van der Waals surface area contributed by atoms with Gasteiger partial charge in [0, 0.05) is 32.7 Å². The highest BCUT2D eigenvalue weighted by Crippen LogP contribution is 2.33. The van der Waals surface area contributed by atoms with E-state index in [4.69, 9.17) is 0 Å². The maximum Gasteiger partial charge on any atom is 0.134 e. The lowest BCUT2D eigenvalue weighted by Gasteiger charge is -2.15. The third-order valence-corrected chi connectivity index (χ3v) is 5.80. The monoisotopic (exact) mass is 350 g/mol. The minimum absolute atomic E-state index is 0.566. The Morgan fingerprint density at radius 3 is 3.05 bits per heavy atom. The zero-order valence-corrected chi connectivity index (χ0v) is 14.0. The molecule has 2 nitrogen and oxygen atoms in total. The number of hydrogen-bond donors (Lipinski definition) is 1. The number of hydrogen-bond acceptors (Lipinski definition) is 3. The molecule has 0 saturated heterocycles. The van der Waals surface area contributed by atoms with Crippen molar-refractivity contribution in [3.63, 3.8) is 0 Å². The molecular formula is C16H19BrN2S. The van der Waals surface area contributed by atoms with E-state index in [9.17, 15) is 0 Å². The Morgan fingerprint density at radius 1 is 1.30 bits per heavy atom. The number of aromatic nitrogens is 1. The molecular weight excluding hydrogens is 332 g/mol. The van der Waals surface area contributed by atoms with Crippen LogP contribution in [0.1, 0.15) is 26.2 Å². The third-order valence-electron chi connectivity index (χ3n) is 3.88. The van der Waals surface area contributed by atoms with E-state index in [1.165, 1.54) is 35.8 Å². The zero-order chi connectivity index (χ0) is 13.9. The number of fused-ring (bicyclic) bond motifs is 1. The van der Waals surface area contributed by atoms with Crippen molar-refractivity contribution in [3.05, 3.63) is 34.9 Å². The molecule has 0 radical (unpaired) electrons. The summed E-state index contributed by atoms with van der Waals surface area (Å²) in [5, 5.41) is 6.90. The van der Waals surface area contributed by atoms with E-state index in [0.29, 0.717) is 6.04 Å². The average Bonchev–Trinajstić information content (AvgIpc) is 2.88. The lowest BCUT2D eigenvalue weighted by atomic mass is 10.1. The minimum Gasteiger partial charge on any atom is -0.367 e. The molecule has 1 aliphatic carbocycles. The van der Waals surface area contributed by atoms with Gasteiger partial charge in [-0.2, -0.15) is 11.8 Å². The summed E-state index contributed by atoms with van der Waals surface area (Å²) in [6.45, 7) is 2.25. The van der Waals surface area contributed by atoms with Crippen molar-refractivity contribution in [2.75, 3.05) is 11.1 Å². The van der Waals surface area contributed by atoms with Gasteiger partial charge in [-0.1, -0.05) is 35.0 Å².